The lowest BCUT2D eigenvalue weighted by Gasteiger charge is -2.19. The van der Waals surface area contributed by atoms with Gasteiger partial charge in [-0.3, -0.25) is 0 Å². The predicted octanol–water partition coefficient (Wildman–Crippen LogP) is 10.7. The topological polar surface area (TPSA) is 13.1 Å². The van der Waals surface area contributed by atoms with Gasteiger partial charge in [-0.2, -0.15) is 0 Å². The minimum atomic E-state index is 0.967. The third kappa shape index (κ3) is 3.47. The molecule has 6 aromatic carbocycles. The van der Waals surface area contributed by atoms with Gasteiger partial charge in [0.1, 0.15) is 11.3 Å². The molecule has 0 aliphatic heterocycles. The van der Waals surface area contributed by atoms with E-state index in [1.54, 1.807) is 0 Å². The number of furan rings is 1. The molecule has 8 rings (SSSR count). The second-order valence-electron chi connectivity index (χ2n) is 10.4. The van der Waals surface area contributed by atoms with Crippen LogP contribution < -0.4 is 0 Å². The van der Waals surface area contributed by atoms with Gasteiger partial charge in [-0.25, -0.2) is 0 Å². The zero-order valence-corrected chi connectivity index (χ0v) is 21.5. The molecule has 0 saturated carbocycles. The zero-order chi connectivity index (χ0) is 25.8. The monoisotopic (exact) mass is 498 g/mol. The summed E-state index contributed by atoms with van der Waals surface area (Å²) in [5, 5.41) is 6.32. The van der Waals surface area contributed by atoms with Gasteiger partial charge >= 0.3 is 0 Å². The maximum Gasteiger partial charge on any atom is 0.135 e. The average molecular weight is 499 g/mol. The molecule has 0 bridgehead atoms. The van der Waals surface area contributed by atoms with E-state index in [1.807, 2.05) is 0 Å². The quantitative estimate of drug-likeness (QED) is 0.221. The Hall–Kier alpha value is -4.88. The summed E-state index contributed by atoms with van der Waals surface area (Å²) in [6.45, 7) is 0. The summed E-state index contributed by atoms with van der Waals surface area (Å²) in [5.41, 5.74) is 9.80. The maximum atomic E-state index is 6.36. The fourth-order valence-corrected chi connectivity index (χ4v) is 6.43. The van der Waals surface area contributed by atoms with E-state index in [2.05, 4.69) is 133 Å². The van der Waals surface area contributed by atoms with Crippen LogP contribution in [-0.4, -0.2) is 0 Å². The first-order valence-corrected chi connectivity index (χ1v) is 13.7. The second-order valence-corrected chi connectivity index (χ2v) is 10.4. The van der Waals surface area contributed by atoms with Crippen molar-refractivity contribution in [2.45, 2.75) is 12.8 Å². The highest BCUT2D eigenvalue weighted by Crippen LogP contribution is 2.47. The number of hydrogen-bond acceptors (Lipinski definition) is 1. The normalized spacial score (nSPS) is 12.8. The van der Waals surface area contributed by atoms with Gasteiger partial charge in [0.25, 0.3) is 0 Å². The van der Waals surface area contributed by atoms with Gasteiger partial charge in [0.05, 0.1) is 0 Å². The molecule has 1 aromatic heterocycles. The third-order valence-corrected chi connectivity index (χ3v) is 8.14. The largest absolute Gasteiger partial charge is 0.456 e. The van der Waals surface area contributed by atoms with Gasteiger partial charge in [-0.15, -0.1) is 0 Å². The van der Waals surface area contributed by atoms with Gasteiger partial charge in [-0.05, 0) is 86.0 Å². The van der Waals surface area contributed by atoms with Crippen molar-refractivity contribution in [2.24, 2.45) is 0 Å². The van der Waals surface area contributed by atoms with Crippen molar-refractivity contribution in [3.05, 3.63) is 139 Å². The lowest BCUT2D eigenvalue weighted by Crippen LogP contribution is -1.94. The second kappa shape index (κ2) is 8.85. The van der Waals surface area contributed by atoms with Crippen LogP contribution in [0.2, 0.25) is 0 Å². The van der Waals surface area contributed by atoms with Gasteiger partial charge in [0, 0.05) is 10.9 Å². The first-order valence-electron chi connectivity index (χ1n) is 13.7. The molecule has 7 aromatic rings. The van der Waals surface area contributed by atoms with Gasteiger partial charge in [-0.1, -0.05) is 115 Å². The fourth-order valence-electron chi connectivity index (χ4n) is 6.43. The van der Waals surface area contributed by atoms with E-state index in [0.29, 0.717) is 0 Å². The Bertz CT molecular complexity index is 2040. The van der Waals surface area contributed by atoms with Crippen molar-refractivity contribution < 1.29 is 4.42 Å². The van der Waals surface area contributed by atoms with Crippen molar-refractivity contribution in [2.75, 3.05) is 0 Å². The van der Waals surface area contributed by atoms with Gasteiger partial charge in [0.2, 0.25) is 0 Å². The molecular formula is C38H26O. The molecule has 1 nitrogen and oxygen atoms in total. The molecule has 0 radical (unpaired) electrons. The van der Waals surface area contributed by atoms with Crippen molar-refractivity contribution in [1.29, 1.82) is 0 Å². The Kier molecular flexibility index (Phi) is 5.03. The first-order chi connectivity index (χ1) is 19.4. The van der Waals surface area contributed by atoms with Crippen LogP contribution in [0.4, 0.5) is 0 Å². The molecule has 1 heteroatoms. The number of allylic oxidation sites excluding steroid dienone is 1. The van der Waals surface area contributed by atoms with Crippen LogP contribution in [0.15, 0.2) is 132 Å². The molecule has 0 spiro atoms. The molecule has 39 heavy (non-hydrogen) atoms. The Morgan fingerprint density at radius 1 is 0.513 bits per heavy atom. The average Bonchev–Trinajstić information content (AvgIpc) is 3.39. The Labute approximate surface area is 227 Å². The van der Waals surface area contributed by atoms with E-state index in [-0.39, 0.29) is 0 Å². The summed E-state index contributed by atoms with van der Waals surface area (Å²) in [5.74, 6) is 1.00. The number of hydrogen-bond donors (Lipinski definition) is 0. The molecule has 0 unspecified atom stereocenters. The van der Waals surface area contributed by atoms with Crippen LogP contribution in [0, 0.1) is 0 Å². The summed E-state index contributed by atoms with van der Waals surface area (Å²) in [7, 11) is 0. The van der Waals surface area contributed by atoms with Crippen LogP contribution in [0.5, 0.6) is 0 Å². The van der Waals surface area contributed by atoms with Crippen LogP contribution in [0.25, 0.3) is 72.0 Å². The minimum absolute atomic E-state index is 0.967. The summed E-state index contributed by atoms with van der Waals surface area (Å²) in [4.78, 5) is 0. The van der Waals surface area contributed by atoms with Gasteiger partial charge in [0.15, 0.2) is 0 Å². The van der Waals surface area contributed by atoms with Crippen molar-refractivity contribution in [3.8, 4) is 33.4 Å². The van der Waals surface area contributed by atoms with E-state index in [1.165, 1.54) is 65.9 Å². The number of rotatable bonds is 3. The Morgan fingerprint density at radius 2 is 1.21 bits per heavy atom. The molecular weight excluding hydrogens is 472 g/mol. The SMILES string of the molecule is C1=Cc2oc3cccc(-c4c5ccccc5c(-c5ccccc5)c5cc(-c6ccccc6)ccc45)c3c2CC1. The third-order valence-electron chi connectivity index (χ3n) is 8.14. The highest BCUT2D eigenvalue weighted by atomic mass is 16.3. The Morgan fingerprint density at radius 3 is 2.00 bits per heavy atom. The summed E-state index contributed by atoms with van der Waals surface area (Å²) >= 11 is 0. The van der Waals surface area contributed by atoms with E-state index in [9.17, 15) is 0 Å². The first kappa shape index (κ1) is 22.1. The lowest BCUT2D eigenvalue weighted by molar-refractivity contribution is 0.595. The Balaban J connectivity index is 1.55. The smallest absolute Gasteiger partial charge is 0.135 e. The molecule has 1 heterocycles. The number of fused-ring (bicyclic) bond motifs is 5. The van der Waals surface area contributed by atoms with Crippen molar-refractivity contribution >= 4 is 38.6 Å². The maximum absolute atomic E-state index is 6.36. The summed E-state index contributed by atoms with van der Waals surface area (Å²) in [6.07, 6.45) is 6.41. The lowest BCUT2D eigenvalue weighted by atomic mass is 9.83. The van der Waals surface area contributed by atoms with E-state index < -0.39 is 0 Å². The van der Waals surface area contributed by atoms with Crippen molar-refractivity contribution in [3.63, 3.8) is 0 Å². The molecule has 0 N–H and O–H groups in total. The molecule has 0 saturated heterocycles. The highest BCUT2D eigenvalue weighted by molar-refractivity contribution is 6.24. The van der Waals surface area contributed by atoms with E-state index in [0.717, 1.165) is 24.2 Å². The molecule has 184 valence electrons. The predicted molar refractivity (Wildman–Crippen MR) is 165 cm³/mol. The summed E-state index contributed by atoms with van der Waals surface area (Å²) in [6, 6.07) is 43.9. The minimum Gasteiger partial charge on any atom is -0.456 e. The van der Waals surface area contributed by atoms with E-state index >= 15 is 0 Å². The summed E-state index contributed by atoms with van der Waals surface area (Å²) < 4.78 is 6.36. The van der Waals surface area contributed by atoms with Crippen LogP contribution >= 0.6 is 0 Å². The zero-order valence-electron chi connectivity index (χ0n) is 21.5. The molecule has 1 aliphatic carbocycles. The van der Waals surface area contributed by atoms with Crippen LogP contribution in [0.1, 0.15) is 17.7 Å². The van der Waals surface area contributed by atoms with Crippen LogP contribution in [-0.2, 0) is 6.42 Å². The number of benzene rings is 6. The standard InChI is InChI=1S/C38H26O/c1-3-12-25(13-4-1)27-22-23-30-33(24-27)36(26-14-5-2-6-15-26)28-16-7-8-17-29(28)37(30)32-19-11-21-35-38(32)31-18-9-10-20-34(31)39-35/h1-8,10-17,19-24H,9,18H2. The van der Waals surface area contributed by atoms with Crippen molar-refractivity contribution in [1.82, 2.24) is 0 Å². The fraction of sp³-hybridized carbons (Fsp3) is 0.0526. The molecule has 0 amide bonds. The molecule has 0 atom stereocenters. The molecule has 1 aliphatic rings. The number of aryl methyl sites for hydroxylation is 1. The van der Waals surface area contributed by atoms with E-state index in [4.69, 9.17) is 4.42 Å². The van der Waals surface area contributed by atoms with Crippen LogP contribution in [0.3, 0.4) is 0 Å². The molecule has 0 fully saturated rings. The van der Waals surface area contributed by atoms with Gasteiger partial charge < -0.3 is 4.42 Å². The highest BCUT2D eigenvalue weighted by Gasteiger charge is 2.22.